The van der Waals surface area contributed by atoms with Crippen LogP contribution in [0, 0.1) is 0 Å². The number of thiophene rings is 1. The van der Waals surface area contributed by atoms with Crippen LogP contribution < -0.4 is 5.32 Å². The number of halogens is 1. The highest BCUT2D eigenvalue weighted by Gasteiger charge is 2.24. The first-order chi connectivity index (χ1) is 10.1. The van der Waals surface area contributed by atoms with Crippen LogP contribution in [0.4, 0.5) is 4.79 Å². The zero-order chi connectivity index (χ0) is 15.2. The zero-order valence-electron chi connectivity index (χ0n) is 12.1. The van der Waals surface area contributed by atoms with Crippen molar-refractivity contribution in [1.29, 1.82) is 0 Å². The third kappa shape index (κ3) is 4.61. The second kappa shape index (κ2) is 7.66. The predicted octanol–water partition coefficient (Wildman–Crippen LogP) is 2.21. The molecule has 1 N–H and O–H groups in total. The van der Waals surface area contributed by atoms with Crippen LogP contribution in [0.3, 0.4) is 0 Å². The van der Waals surface area contributed by atoms with E-state index in [2.05, 4.69) is 5.32 Å². The van der Waals surface area contributed by atoms with Crippen molar-refractivity contribution < 1.29 is 9.59 Å². The monoisotopic (exact) mass is 329 g/mol. The van der Waals surface area contributed by atoms with Crippen molar-refractivity contribution >= 4 is 34.9 Å². The lowest BCUT2D eigenvalue weighted by molar-refractivity contribution is -0.131. The number of nitrogens with one attached hydrogen (secondary N) is 1. The third-order valence-corrected chi connectivity index (χ3v) is 4.63. The van der Waals surface area contributed by atoms with E-state index in [1.54, 1.807) is 4.90 Å². The van der Waals surface area contributed by atoms with Gasteiger partial charge in [-0.3, -0.25) is 4.79 Å². The topological polar surface area (TPSA) is 52.7 Å². The van der Waals surface area contributed by atoms with Gasteiger partial charge < -0.3 is 15.1 Å². The quantitative estimate of drug-likeness (QED) is 0.920. The third-order valence-electron chi connectivity index (χ3n) is 3.40. The Balaban J connectivity index is 1.78. The summed E-state index contributed by atoms with van der Waals surface area (Å²) in [5, 5.41) is 2.86. The summed E-state index contributed by atoms with van der Waals surface area (Å²) in [6.45, 7) is 5.08. The van der Waals surface area contributed by atoms with Gasteiger partial charge in [-0.15, -0.1) is 11.3 Å². The Bertz CT molecular complexity index is 498. The number of hydrogen-bond acceptors (Lipinski definition) is 3. The number of carbonyl (C=O) groups excluding carboxylic acids is 2. The van der Waals surface area contributed by atoms with Crippen LogP contribution in [0.25, 0.3) is 0 Å². The number of rotatable bonds is 4. The van der Waals surface area contributed by atoms with E-state index in [0.717, 1.165) is 11.3 Å². The molecule has 7 heteroatoms. The number of nitrogens with zero attached hydrogens (tertiary/aromatic N) is 2. The fraction of sp³-hybridized carbons (Fsp3) is 0.571. The molecule has 1 saturated heterocycles. The van der Waals surface area contributed by atoms with E-state index in [1.165, 1.54) is 11.3 Å². The number of urea groups is 1. The van der Waals surface area contributed by atoms with Crippen molar-refractivity contribution in [2.24, 2.45) is 0 Å². The Kier molecular flexibility index (Phi) is 5.87. The van der Waals surface area contributed by atoms with E-state index < -0.39 is 0 Å². The van der Waals surface area contributed by atoms with Crippen molar-refractivity contribution in [1.82, 2.24) is 15.1 Å². The molecule has 1 aliphatic rings. The van der Waals surface area contributed by atoms with Gasteiger partial charge >= 0.3 is 6.03 Å². The Hall–Kier alpha value is -1.27. The van der Waals surface area contributed by atoms with E-state index in [0.29, 0.717) is 43.5 Å². The van der Waals surface area contributed by atoms with Gasteiger partial charge in [0.2, 0.25) is 5.91 Å². The fourth-order valence-corrected chi connectivity index (χ4v) is 3.29. The van der Waals surface area contributed by atoms with Gasteiger partial charge in [0.1, 0.15) is 0 Å². The minimum Gasteiger partial charge on any atom is -0.339 e. The van der Waals surface area contributed by atoms with Gasteiger partial charge in [0.15, 0.2) is 0 Å². The molecule has 1 fully saturated rings. The lowest BCUT2D eigenvalue weighted by atomic mass is 10.2. The first kappa shape index (κ1) is 16.1. The van der Waals surface area contributed by atoms with Crippen molar-refractivity contribution in [3.05, 3.63) is 21.3 Å². The molecule has 0 radical (unpaired) electrons. The van der Waals surface area contributed by atoms with Crippen LogP contribution in [0.5, 0.6) is 0 Å². The second-order valence-electron chi connectivity index (χ2n) is 4.98. The first-order valence-corrected chi connectivity index (χ1v) is 8.34. The van der Waals surface area contributed by atoms with Crippen molar-refractivity contribution in [2.75, 3.05) is 32.7 Å². The number of piperazine rings is 1. The first-order valence-electron chi connectivity index (χ1n) is 7.15. The summed E-state index contributed by atoms with van der Waals surface area (Å²) in [5.74, 6) is 0.0992. The summed E-state index contributed by atoms with van der Waals surface area (Å²) in [6.07, 6.45) is 1.31. The molecule has 0 spiro atoms. The van der Waals surface area contributed by atoms with E-state index in [9.17, 15) is 9.59 Å². The lowest BCUT2D eigenvalue weighted by Gasteiger charge is -2.34. The van der Waals surface area contributed by atoms with Gasteiger partial charge in [-0.2, -0.15) is 0 Å². The van der Waals surface area contributed by atoms with Crippen molar-refractivity contribution in [3.8, 4) is 0 Å². The average Bonchev–Trinajstić information content (AvgIpc) is 2.90. The van der Waals surface area contributed by atoms with Gasteiger partial charge in [0, 0.05) is 37.6 Å². The molecule has 2 heterocycles. The van der Waals surface area contributed by atoms with Crippen molar-refractivity contribution in [3.63, 3.8) is 0 Å². The van der Waals surface area contributed by atoms with Gasteiger partial charge in [-0.1, -0.05) is 18.5 Å². The molecule has 0 atom stereocenters. The standard InChI is InChI=1S/C14H20ClN3O2S/c1-2-5-16-14(20)18-8-6-17(7-9-18)13(19)10-11-3-4-12(15)21-11/h3-4H,2,5-10H2,1H3,(H,16,20). The highest BCUT2D eigenvalue weighted by molar-refractivity contribution is 7.16. The Morgan fingerprint density at radius 2 is 1.90 bits per heavy atom. The molecular weight excluding hydrogens is 310 g/mol. The molecule has 3 amide bonds. The molecule has 0 aliphatic carbocycles. The van der Waals surface area contributed by atoms with Gasteiger partial charge in [0.25, 0.3) is 0 Å². The molecule has 21 heavy (non-hydrogen) atoms. The van der Waals surface area contributed by atoms with E-state index in [1.807, 2.05) is 24.0 Å². The smallest absolute Gasteiger partial charge is 0.317 e. The maximum absolute atomic E-state index is 12.2. The zero-order valence-corrected chi connectivity index (χ0v) is 13.7. The molecule has 5 nitrogen and oxygen atoms in total. The van der Waals surface area contributed by atoms with Crippen LogP contribution in [-0.2, 0) is 11.2 Å². The normalized spacial score (nSPS) is 15.1. The molecule has 0 unspecified atom stereocenters. The molecule has 2 rings (SSSR count). The summed E-state index contributed by atoms with van der Waals surface area (Å²) < 4.78 is 0.704. The lowest BCUT2D eigenvalue weighted by Crippen LogP contribution is -2.53. The summed E-state index contributed by atoms with van der Waals surface area (Å²) in [5.41, 5.74) is 0. The second-order valence-corrected chi connectivity index (χ2v) is 6.78. The predicted molar refractivity (Wildman–Crippen MR) is 84.9 cm³/mol. The minimum absolute atomic E-state index is 0.0333. The molecule has 1 aliphatic heterocycles. The van der Waals surface area contributed by atoms with Gasteiger partial charge in [-0.25, -0.2) is 4.79 Å². The largest absolute Gasteiger partial charge is 0.339 e. The molecule has 1 aromatic heterocycles. The SMILES string of the molecule is CCCNC(=O)N1CCN(C(=O)Cc2ccc(Cl)s2)CC1. The molecule has 1 aromatic rings. The molecule has 0 saturated carbocycles. The number of amides is 3. The van der Waals surface area contributed by atoms with E-state index in [4.69, 9.17) is 11.6 Å². The van der Waals surface area contributed by atoms with Crippen LogP contribution in [0.1, 0.15) is 18.2 Å². The molecule has 0 bridgehead atoms. The highest BCUT2D eigenvalue weighted by Crippen LogP contribution is 2.22. The van der Waals surface area contributed by atoms with Crippen molar-refractivity contribution in [2.45, 2.75) is 19.8 Å². The molecular formula is C14H20ClN3O2S. The minimum atomic E-state index is -0.0333. The van der Waals surface area contributed by atoms with Crippen LogP contribution in [0.2, 0.25) is 4.34 Å². The maximum Gasteiger partial charge on any atom is 0.317 e. The summed E-state index contributed by atoms with van der Waals surface area (Å²) in [6, 6.07) is 3.67. The highest BCUT2D eigenvalue weighted by atomic mass is 35.5. The Labute approximate surface area is 133 Å². The van der Waals surface area contributed by atoms with Gasteiger partial charge in [-0.05, 0) is 18.6 Å². The van der Waals surface area contributed by atoms with Crippen LogP contribution in [0.15, 0.2) is 12.1 Å². The summed E-state index contributed by atoms with van der Waals surface area (Å²) in [4.78, 5) is 28.6. The number of carbonyl (C=O) groups is 2. The summed E-state index contributed by atoms with van der Waals surface area (Å²) >= 11 is 7.31. The van der Waals surface area contributed by atoms with Crippen LogP contribution >= 0.6 is 22.9 Å². The Morgan fingerprint density at radius 1 is 1.24 bits per heavy atom. The van der Waals surface area contributed by atoms with Crippen LogP contribution in [-0.4, -0.2) is 54.5 Å². The average molecular weight is 330 g/mol. The van der Waals surface area contributed by atoms with E-state index >= 15 is 0 Å². The maximum atomic E-state index is 12.2. The fourth-order valence-electron chi connectivity index (χ4n) is 2.21. The van der Waals surface area contributed by atoms with E-state index in [-0.39, 0.29) is 11.9 Å². The number of hydrogen-bond donors (Lipinski definition) is 1. The summed E-state index contributed by atoms with van der Waals surface area (Å²) in [7, 11) is 0. The molecule has 116 valence electrons. The Morgan fingerprint density at radius 3 is 2.48 bits per heavy atom. The molecule has 0 aromatic carbocycles. The van der Waals surface area contributed by atoms with Gasteiger partial charge in [0.05, 0.1) is 10.8 Å².